The minimum Gasteiger partial charge on any atom is -0.285 e. The first kappa shape index (κ1) is 9.77. The molecule has 0 amide bonds. The van der Waals surface area contributed by atoms with Crippen LogP contribution in [0.2, 0.25) is 0 Å². The molecule has 0 aliphatic carbocycles. The van der Waals surface area contributed by atoms with E-state index in [2.05, 4.69) is 0 Å². The molecular formula is C4H8F2O3S. The quantitative estimate of drug-likeness (QED) is 0.633. The van der Waals surface area contributed by atoms with Crippen LogP contribution in [0.1, 0.15) is 13.8 Å². The Morgan fingerprint density at radius 3 is 1.70 bits per heavy atom. The number of halogens is 2. The molecule has 0 spiro atoms. The molecule has 1 N–H and O–H groups in total. The first-order valence-electron chi connectivity index (χ1n) is 2.45. The van der Waals surface area contributed by atoms with Crippen LogP contribution in [0.3, 0.4) is 0 Å². The molecule has 0 aliphatic heterocycles. The lowest BCUT2D eigenvalue weighted by Gasteiger charge is -2.18. The minimum absolute atomic E-state index is 0.757. The predicted octanol–water partition coefficient (Wildman–Crippen LogP) is 0.918. The van der Waals surface area contributed by atoms with Gasteiger partial charge >= 0.3 is 0 Å². The van der Waals surface area contributed by atoms with E-state index in [-0.39, 0.29) is 0 Å². The lowest BCUT2D eigenvalue weighted by Crippen LogP contribution is -2.38. The van der Waals surface area contributed by atoms with E-state index in [4.69, 9.17) is 4.55 Å². The Bertz CT molecular complexity index is 207. The van der Waals surface area contributed by atoms with E-state index in [1.165, 1.54) is 0 Å². The average Bonchev–Trinajstić information content (AvgIpc) is 1.62. The summed E-state index contributed by atoms with van der Waals surface area (Å²) in [5.41, 5.74) is 0. The van der Waals surface area contributed by atoms with E-state index in [1.807, 2.05) is 0 Å². The minimum atomic E-state index is -4.65. The molecular weight excluding hydrogens is 166 g/mol. The van der Waals surface area contributed by atoms with Gasteiger partial charge in [0.2, 0.25) is 0 Å². The van der Waals surface area contributed by atoms with Crippen molar-refractivity contribution in [3.05, 3.63) is 0 Å². The van der Waals surface area contributed by atoms with Gasteiger partial charge in [-0.1, -0.05) is 0 Å². The molecule has 62 valence electrons. The highest BCUT2D eigenvalue weighted by Gasteiger charge is 2.42. The molecule has 3 nitrogen and oxygen atoms in total. The van der Waals surface area contributed by atoms with E-state index in [0.717, 1.165) is 13.8 Å². The van der Waals surface area contributed by atoms with E-state index < -0.39 is 21.3 Å². The summed E-state index contributed by atoms with van der Waals surface area (Å²) in [5.74, 6) is 0. The second-order valence-corrected chi connectivity index (χ2v) is 4.38. The van der Waals surface area contributed by atoms with E-state index >= 15 is 0 Å². The number of hydrogen-bond donors (Lipinski definition) is 1. The fourth-order valence-corrected chi connectivity index (χ4v) is 0.338. The van der Waals surface area contributed by atoms with Crippen LogP contribution in [0.15, 0.2) is 0 Å². The first-order valence-corrected chi connectivity index (χ1v) is 3.89. The van der Waals surface area contributed by atoms with Gasteiger partial charge in [0, 0.05) is 0 Å². The summed E-state index contributed by atoms with van der Waals surface area (Å²) in [5, 5.41) is 0. The summed E-state index contributed by atoms with van der Waals surface area (Å²) < 4.78 is 49.7. The largest absolute Gasteiger partial charge is 0.285 e. The van der Waals surface area contributed by atoms with Crippen LogP contribution in [0.25, 0.3) is 0 Å². The van der Waals surface area contributed by atoms with Gasteiger partial charge in [-0.2, -0.15) is 8.42 Å². The predicted molar refractivity (Wildman–Crippen MR) is 31.6 cm³/mol. The third kappa shape index (κ3) is 1.63. The lowest BCUT2D eigenvalue weighted by atomic mass is 10.2. The molecule has 0 saturated carbocycles. The SMILES string of the molecule is CC(C)(C(F)F)S(=O)(=O)O. The topological polar surface area (TPSA) is 54.4 Å². The Morgan fingerprint density at radius 1 is 1.40 bits per heavy atom. The van der Waals surface area contributed by atoms with E-state index in [9.17, 15) is 17.2 Å². The molecule has 0 atom stereocenters. The van der Waals surface area contributed by atoms with Gasteiger partial charge in [-0.15, -0.1) is 0 Å². The molecule has 10 heavy (non-hydrogen) atoms. The standard InChI is InChI=1S/C4H8F2O3S/c1-4(2,3(5)6)10(7,8)9/h3H,1-2H3,(H,7,8,9). The molecule has 0 fully saturated rings. The fourth-order valence-electron chi connectivity index (χ4n) is 0.113. The summed E-state index contributed by atoms with van der Waals surface area (Å²) in [4.78, 5) is 0. The first-order chi connectivity index (χ1) is 4.19. The van der Waals surface area contributed by atoms with E-state index in [0.29, 0.717) is 0 Å². The third-order valence-electron chi connectivity index (χ3n) is 1.19. The van der Waals surface area contributed by atoms with Crippen LogP contribution in [0, 0.1) is 0 Å². The molecule has 0 aliphatic rings. The van der Waals surface area contributed by atoms with Crippen molar-refractivity contribution in [3.8, 4) is 0 Å². The monoisotopic (exact) mass is 174 g/mol. The summed E-state index contributed by atoms with van der Waals surface area (Å²) in [6.07, 6.45) is -3.08. The third-order valence-corrected chi connectivity index (χ3v) is 2.70. The van der Waals surface area contributed by atoms with Crippen LogP contribution < -0.4 is 0 Å². The molecule has 0 bridgehead atoms. The van der Waals surface area contributed by atoms with Gasteiger partial charge in [0.15, 0.2) is 4.75 Å². The summed E-state index contributed by atoms with van der Waals surface area (Å²) >= 11 is 0. The normalized spacial score (nSPS) is 14.2. The Balaban J connectivity index is 4.76. The highest BCUT2D eigenvalue weighted by Crippen LogP contribution is 2.22. The molecule has 0 aromatic rings. The molecule has 0 aromatic carbocycles. The van der Waals surface area contributed by atoms with Crippen molar-refractivity contribution in [2.75, 3.05) is 0 Å². The maximum absolute atomic E-state index is 11.8. The van der Waals surface area contributed by atoms with Crippen LogP contribution in [0.4, 0.5) is 8.78 Å². The van der Waals surface area contributed by atoms with Crippen molar-refractivity contribution >= 4 is 10.1 Å². The molecule has 0 aromatic heterocycles. The van der Waals surface area contributed by atoms with Crippen molar-refractivity contribution in [2.24, 2.45) is 0 Å². The van der Waals surface area contributed by atoms with Crippen molar-refractivity contribution in [3.63, 3.8) is 0 Å². The van der Waals surface area contributed by atoms with Crippen molar-refractivity contribution in [1.29, 1.82) is 0 Å². The summed E-state index contributed by atoms with van der Waals surface area (Å²) in [6.45, 7) is 1.51. The maximum Gasteiger partial charge on any atom is 0.275 e. The molecule has 6 heteroatoms. The number of alkyl halides is 2. The van der Waals surface area contributed by atoms with Gasteiger partial charge in [-0.05, 0) is 13.8 Å². The Morgan fingerprint density at radius 2 is 1.70 bits per heavy atom. The highest BCUT2D eigenvalue weighted by molar-refractivity contribution is 7.87. The van der Waals surface area contributed by atoms with Gasteiger partial charge in [0.25, 0.3) is 16.5 Å². The van der Waals surface area contributed by atoms with Crippen LogP contribution in [-0.4, -0.2) is 24.1 Å². The molecule has 0 heterocycles. The Hall–Kier alpha value is -0.230. The van der Waals surface area contributed by atoms with Gasteiger partial charge in [0.05, 0.1) is 0 Å². The zero-order chi connectivity index (χ0) is 8.58. The van der Waals surface area contributed by atoms with Crippen molar-refractivity contribution < 1.29 is 21.8 Å². The fraction of sp³-hybridized carbons (Fsp3) is 1.00. The van der Waals surface area contributed by atoms with Gasteiger partial charge in [-0.25, -0.2) is 8.78 Å². The molecule has 0 unspecified atom stereocenters. The Labute approximate surface area is 57.8 Å². The molecule has 0 radical (unpaired) electrons. The molecule has 0 saturated heterocycles. The van der Waals surface area contributed by atoms with Crippen molar-refractivity contribution in [1.82, 2.24) is 0 Å². The van der Waals surface area contributed by atoms with Crippen molar-refractivity contribution in [2.45, 2.75) is 25.0 Å². The maximum atomic E-state index is 11.8. The van der Waals surface area contributed by atoms with Gasteiger partial charge < -0.3 is 0 Å². The van der Waals surface area contributed by atoms with E-state index in [1.54, 1.807) is 0 Å². The second-order valence-electron chi connectivity index (χ2n) is 2.38. The number of hydrogen-bond acceptors (Lipinski definition) is 2. The van der Waals surface area contributed by atoms with Gasteiger partial charge in [-0.3, -0.25) is 4.55 Å². The van der Waals surface area contributed by atoms with Crippen LogP contribution in [-0.2, 0) is 10.1 Å². The lowest BCUT2D eigenvalue weighted by molar-refractivity contribution is 0.104. The zero-order valence-electron chi connectivity index (χ0n) is 5.51. The average molecular weight is 174 g/mol. The second kappa shape index (κ2) is 2.43. The Kier molecular flexibility index (Phi) is 2.37. The van der Waals surface area contributed by atoms with Crippen LogP contribution >= 0.6 is 0 Å². The smallest absolute Gasteiger partial charge is 0.275 e. The van der Waals surface area contributed by atoms with Gasteiger partial charge in [0.1, 0.15) is 0 Å². The molecule has 0 rings (SSSR count). The highest BCUT2D eigenvalue weighted by atomic mass is 32.2. The van der Waals surface area contributed by atoms with Crippen LogP contribution in [0.5, 0.6) is 0 Å². The number of rotatable bonds is 2. The summed E-state index contributed by atoms with van der Waals surface area (Å²) in [7, 11) is -4.65. The zero-order valence-corrected chi connectivity index (χ0v) is 6.32. The summed E-state index contributed by atoms with van der Waals surface area (Å²) in [6, 6.07) is 0.